The smallest absolute Gasteiger partial charge is 0.0576 e. The molecule has 4 nitrogen and oxygen atoms in total. The number of nitrogens with zero attached hydrogens (tertiary/aromatic N) is 3. The van der Waals surface area contributed by atoms with Crippen molar-refractivity contribution in [2.24, 2.45) is 7.05 Å². The first-order chi connectivity index (χ1) is 10.7. The zero-order valence-corrected chi connectivity index (χ0v) is 14.1. The molecule has 2 aliphatic heterocycles. The lowest BCUT2D eigenvalue weighted by Gasteiger charge is -2.35. The minimum absolute atomic E-state index is 0.739. The fourth-order valence-corrected chi connectivity index (χ4v) is 4.97. The van der Waals surface area contributed by atoms with Crippen molar-refractivity contribution in [2.75, 3.05) is 7.05 Å². The van der Waals surface area contributed by atoms with Gasteiger partial charge in [-0.25, -0.2) is 0 Å². The highest BCUT2D eigenvalue weighted by atomic mass is 32.1. The summed E-state index contributed by atoms with van der Waals surface area (Å²) < 4.78 is 1.87. The Bertz CT molecular complexity index is 635. The van der Waals surface area contributed by atoms with E-state index in [4.69, 9.17) is 0 Å². The third-order valence-corrected chi connectivity index (χ3v) is 6.25. The van der Waals surface area contributed by atoms with Gasteiger partial charge in [0.2, 0.25) is 0 Å². The van der Waals surface area contributed by atoms with Crippen molar-refractivity contribution >= 4 is 11.3 Å². The molecule has 0 spiro atoms. The van der Waals surface area contributed by atoms with Gasteiger partial charge in [0.05, 0.1) is 6.20 Å². The highest BCUT2D eigenvalue weighted by Crippen LogP contribution is 2.32. The van der Waals surface area contributed by atoms with Gasteiger partial charge in [-0.3, -0.25) is 9.58 Å². The summed E-state index contributed by atoms with van der Waals surface area (Å²) in [6, 6.07) is 6.78. The number of hydrogen-bond donors (Lipinski definition) is 1. The van der Waals surface area contributed by atoms with E-state index in [0.717, 1.165) is 24.7 Å². The first-order valence-electron chi connectivity index (χ1n) is 8.21. The molecule has 4 rings (SSSR count). The average molecular weight is 316 g/mol. The summed E-state index contributed by atoms with van der Waals surface area (Å²) >= 11 is 1.90. The lowest BCUT2D eigenvalue weighted by molar-refractivity contribution is 0.167. The predicted molar refractivity (Wildman–Crippen MR) is 91.0 cm³/mol. The van der Waals surface area contributed by atoms with Crippen molar-refractivity contribution in [2.45, 2.75) is 50.4 Å². The number of aromatic nitrogens is 2. The van der Waals surface area contributed by atoms with Gasteiger partial charge in [-0.15, -0.1) is 11.3 Å². The van der Waals surface area contributed by atoms with Gasteiger partial charge >= 0.3 is 0 Å². The molecule has 5 heteroatoms. The Morgan fingerprint density at radius 2 is 2.09 bits per heavy atom. The minimum atomic E-state index is 0.739. The second-order valence-corrected chi connectivity index (χ2v) is 8.02. The van der Waals surface area contributed by atoms with Crippen LogP contribution in [0.15, 0.2) is 24.5 Å². The van der Waals surface area contributed by atoms with E-state index in [1.165, 1.54) is 41.0 Å². The standard InChI is InChI=1S/C17H24N4S/c1-20(15-7-13-3-4-14(8-15)19-13)11-16-5-6-17(22-16)12-9-18-21(2)10-12/h5-6,9-10,13-15,19H,3-4,7-8,11H2,1-2H3. The maximum atomic E-state index is 4.27. The maximum Gasteiger partial charge on any atom is 0.0576 e. The Balaban J connectivity index is 1.42. The summed E-state index contributed by atoms with van der Waals surface area (Å²) in [5, 5.41) is 8.00. The molecule has 2 saturated heterocycles. The van der Waals surface area contributed by atoms with E-state index in [9.17, 15) is 0 Å². The molecule has 2 bridgehead atoms. The summed E-state index contributed by atoms with van der Waals surface area (Å²) in [7, 11) is 4.26. The lowest BCUT2D eigenvalue weighted by Crippen LogP contribution is -2.46. The van der Waals surface area contributed by atoms with Crippen LogP contribution < -0.4 is 5.32 Å². The molecule has 118 valence electrons. The van der Waals surface area contributed by atoms with Gasteiger partial charge in [0.1, 0.15) is 0 Å². The van der Waals surface area contributed by atoms with Crippen LogP contribution in [0.5, 0.6) is 0 Å². The van der Waals surface area contributed by atoms with E-state index < -0.39 is 0 Å². The summed E-state index contributed by atoms with van der Waals surface area (Å²) in [4.78, 5) is 5.33. The number of nitrogens with one attached hydrogen (secondary N) is 1. The lowest BCUT2D eigenvalue weighted by atomic mass is 9.98. The van der Waals surface area contributed by atoms with Crippen LogP contribution in [-0.2, 0) is 13.6 Å². The third kappa shape index (κ3) is 2.85. The van der Waals surface area contributed by atoms with Crippen molar-refractivity contribution in [3.63, 3.8) is 0 Å². The van der Waals surface area contributed by atoms with Gasteiger partial charge < -0.3 is 5.32 Å². The van der Waals surface area contributed by atoms with Gasteiger partial charge in [0, 0.05) is 53.2 Å². The van der Waals surface area contributed by atoms with Crippen molar-refractivity contribution in [3.05, 3.63) is 29.4 Å². The Labute approximate surface area is 136 Å². The van der Waals surface area contributed by atoms with Gasteiger partial charge in [-0.05, 0) is 44.9 Å². The molecule has 2 fully saturated rings. The van der Waals surface area contributed by atoms with Crippen LogP contribution in [0.2, 0.25) is 0 Å². The molecule has 0 amide bonds. The number of piperidine rings is 1. The van der Waals surface area contributed by atoms with E-state index in [1.807, 2.05) is 29.3 Å². The van der Waals surface area contributed by atoms with Crippen LogP contribution in [0.25, 0.3) is 10.4 Å². The van der Waals surface area contributed by atoms with Crippen molar-refractivity contribution < 1.29 is 0 Å². The van der Waals surface area contributed by atoms with Crippen LogP contribution in [0.4, 0.5) is 0 Å². The number of thiophene rings is 1. The van der Waals surface area contributed by atoms with Gasteiger partial charge in [-0.2, -0.15) is 5.10 Å². The zero-order valence-electron chi connectivity index (χ0n) is 13.3. The zero-order chi connectivity index (χ0) is 15.1. The molecule has 22 heavy (non-hydrogen) atoms. The summed E-state index contributed by atoms with van der Waals surface area (Å²) in [5.41, 5.74) is 1.22. The van der Waals surface area contributed by atoms with E-state index in [1.54, 1.807) is 0 Å². The molecule has 0 aromatic carbocycles. The molecule has 1 N–H and O–H groups in total. The molecule has 2 unspecified atom stereocenters. The van der Waals surface area contributed by atoms with Gasteiger partial charge in [0.15, 0.2) is 0 Å². The topological polar surface area (TPSA) is 33.1 Å². The number of fused-ring (bicyclic) bond motifs is 2. The van der Waals surface area contributed by atoms with Crippen molar-refractivity contribution in [1.29, 1.82) is 0 Å². The third-order valence-electron chi connectivity index (χ3n) is 5.13. The van der Waals surface area contributed by atoms with Crippen LogP contribution in [0, 0.1) is 0 Å². The van der Waals surface area contributed by atoms with Crippen LogP contribution in [0.3, 0.4) is 0 Å². The fourth-order valence-electron chi connectivity index (χ4n) is 3.93. The van der Waals surface area contributed by atoms with Crippen LogP contribution in [-0.4, -0.2) is 39.9 Å². The quantitative estimate of drug-likeness (QED) is 0.941. The fraction of sp³-hybridized carbons (Fsp3) is 0.588. The van der Waals surface area contributed by atoms with Crippen molar-refractivity contribution in [1.82, 2.24) is 20.0 Å². The predicted octanol–water partition coefficient (Wildman–Crippen LogP) is 2.86. The monoisotopic (exact) mass is 316 g/mol. The largest absolute Gasteiger partial charge is 0.311 e. The SMILES string of the molecule is CN(Cc1ccc(-c2cnn(C)c2)s1)C1CC2CCC(C1)N2. The summed E-state index contributed by atoms with van der Waals surface area (Å²) in [6.45, 7) is 1.06. The first-order valence-corrected chi connectivity index (χ1v) is 9.03. The highest BCUT2D eigenvalue weighted by molar-refractivity contribution is 7.15. The first kappa shape index (κ1) is 14.4. The number of hydrogen-bond acceptors (Lipinski definition) is 4. The molecular formula is C17H24N4S. The molecule has 4 heterocycles. The second kappa shape index (κ2) is 5.80. The number of rotatable bonds is 4. The Hall–Kier alpha value is -1.17. The molecular weight excluding hydrogens is 292 g/mol. The van der Waals surface area contributed by atoms with E-state index >= 15 is 0 Å². The van der Waals surface area contributed by atoms with E-state index in [0.29, 0.717) is 0 Å². The molecule has 2 aromatic heterocycles. The van der Waals surface area contributed by atoms with Crippen molar-refractivity contribution in [3.8, 4) is 10.4 Å². The molecule has 0 saturated carbocycles. The number of aryl methyl sites for hydroxylation is 1. The molecule has 2 atom stereocenters. The molecule has 2 aliphatic rings. The van der Waals surface area contributed by atoms with Gasteiger partial charge in [-0.1, -0.05) is 0 Å². The maximum absolute atomic E-state index is 4.27. The van der Waals surface area contributed by atoms with Crippen LogP contribution >= 0.6 is 11.3 Å². The van der Waals surface area contributed by atoms with E-state index in [2.05, 4.69) is 40.7 Å². The Morgan fingerprint density at radius 1 is 1.32 bits per heavy atom. The Morgan fingerprint density at radius 3 is 2.77 bits per heavy atom. The normalized spacial score (nSPS) is 27.7. The summed E-state index contributed by atoms with van der Waals surface area (Å²) in [6.07, 6.45) is 9.41. The second-order valence-electron chi connectivity index (χ2n) is 6.85. The van der Waals surface area contributed by atoms with E-state index in [-0.39, 0.29) is 0 Å². The highest BCUT2D eigenvalue weighted by Gasteiger charge is 2.35. The molecule has 0 aliphatic carbocycles. The Kier molecular flexibility index (Phi) is 3.80. The van der Waals surface area contributed by atoms with Crippen LogP contribution in [0.1, 0.15) is 30.6 Å². The minimum Gasteiger partial charge on any atom is -0.311 e. The molecule has 0 radical (unpaired) electrons. The average Bonchev–Trinajstić information content (AvgIpc) is 3.20. The van der Waals surface area contributed by atoms with Gasteiger partial charge in [0.25, 0.3) is 0 Å². The summed E-state index contributed by atoms with van der Waals surface area (Å²) in [5.74, 6) is 0. The molecule has 2 aromatic rings.